The normalized spacial score (nSPS) is 26.1. The number of aliphatic carboxylic acids is 1. The SMILES string of the molecule is COc1cc(O[C@]2(C(=O)O)C[C@H](OC)[C@@H](NC(C)=O)C([C@@H](N)[C@@H](O)CN)O2)ccc1/C=C/[N+](=O)[O-]. The zero-order chi connectivity index (χ0) is 26.3. The molecule has 7 N–H and O–H groups in total. The van der Waals surface area contributed by atoms with Crippen LogP contribution in [-0.2, 0) is 19.1 Å². The third-order valence-corrected chi connectivity index (χ3v) is 5.48. The van der Waals surface area contributed by atoms with Gasteiger partial charge in [-0.3, -0.25) is 14.9 Å². The van der Waals surface area contributed by atoms with E-state index in [0.717, 1.165) is 6.20 Å². The van der Waals surface area contributed by atoms with Crippen molar-refractivity contribution in [1.29, 1.82) is 0 Å². The third-order valence-electron chi connectivity index (χ3n) is 5.48. The van der Waals surface area contributed by atoms with Crippen molar-refractivity contribution in [2.24, 2.45) is 11.5 Å². The molecule has 0 aromatic heterocycles. The van der Waals surface area contributed by atoms with E-state index in [1.54, 1.807) is 0 Å². The summed E-state index contributed by atoms with van der Waals surface area (Å²) in [5.41, 5.74) is 12.0. The number of nitrogens with zero attached hydrogens (tertiary/aromatic N) is 1. The molecule has 0 aliphatic carbocycles. The van der Waals surface area contributed by atoms with Crippen LogP contribution in [-0.4, -0.2) is 84.0 Å². The van der Waals surface area contributed by atoms with Crippen LogP contribution in [0.3, 0.4) is 0 Å². The summed E-state index contributed by atoms with van der Waals surface area (Å²) < 4.78 is 22.3. The molecule has 1 saturated heterocycles. The lowest BCUT2D eigenvalue weighted by Gasteiger charge is -2.47. The van der Waals surface area contributed by atoms with Crippen LogP contribution in [0.25, 0.3) is 6.08 Å². The van der Waals surface area contributed by atoms with E-state index in [4.69, 9.17) is 30.4 Å². The number of aliphatic hydroxyl groups is 1. The summed E-state index contributed by atoms with van der Waals surface area (Å²) in [7, 11) is 2.65. The fourth-order valence-corrected chi connectivity index (χ4v) is 3.75. The standard InChI is InChI=1S/C21H30N4O10/c1-11(26)24-18-16(33-3)9-21(20(28)29,35-19(18)17(23)14(27)10-22)34-13-5-4-12(6-7-25(30)31)15(8-13)32-2/h4-8,14,16-19,27H,9-10,22-23H2,1-3H3,(H,24,26)(H,28,29)/b7-6+/t14-,16-,17-,18+,19?,21+/m0/s1. The highest BCUT2D eigenvalue weighted by molar-refractivity contribution is 5.77. The molecule has 1 unspecified atom stereocenters. The summed E-state index contributed by atoms with van der Waals surface area (Å²) in [5.74, 6) is -4.14. The Hall–Kier alpha value is -3.30. The fraction of sp³-hybridized carbons (Fsp3) is 0.524. The monoisotopic (exact) mass is 498 g/mol. The molecule has 0 bridgehead atoms. The number of nitrogens with two attached hydrogens (primary N) is 2. The lowest BCUT2D eigenvalue weighted by Crippen LogP contribution is -2.70. The van der Waals surface area contributed by atoms with Crippen LogP contribution >= 0.6 is 0 Å². The van der Waals surface area contributed by atoms with Crippen molar-refractivity contribution >= 4 is 18.0 Å². The Kier molecular flexibility index (Phi) is 9.50. The first-order valence-corrected chi connectivity index (χ1v) is 10.5. The molecule has 1 aliphatic heterocycles. The second-order valence-corrected chi connectivity index (χ2v) is 7.83. The number of nitrogens with one attached hydrogen (secondary N) is 1. The molecule has 14 heteroatoms. The number of hydrogen-bond donors (Lipinski definition) is 5. The van der Waals surface area contributed by atoms with Crippen LogP contribution in [0.1, 0.15) is 18.9 Å². The van der Waals surface area contributed by atoms with Gasteiger partial charge in [0.05, 0.1) is 42.7 Å². The predicted molar refractivity (Wildman–Crippen MR) is 121 cm³/mol. The van der Waals surface area contributed by atoms with Gasteiger partial charge in [0.1, 0.15) is 17.6 Å². The molecule has 14 nitrogen and oxygen atoms in total. The highest BCUT2D eigenvalue weighted by Crippen LogP contribution is 2.37. The molecule has 2 rings (SSSR count). The second kappa shape index (κ2) is 11.9. The highest BCUT2D eigenvalue weighted by atomic mass is 16.7. The van der Waals surface area contributed by atoms with Gasteiger partial charge in [-0.25, -0.2) is 4.79 Å². The van der Waals surface area contributed by atoms with Gasteiger partial charge in [-0.1, -0.05) is 0 Å². The maximum Gasteiger partial charge on any atom is 0.377 e. The number of hydrogen-bond acceptors (Lipinski definition) is 11. The average molecular weight is 498 g/mol. The molecule has 0 spiro atoms. The second-order valence-electron chi connectivity index (χ2n) is 7.83. The van der Waals surface area contributed by atoms with Gasteiger partial charge in [0.2, 0.25) is 12.1 Å². The summed E-state index contributed by atoms with van der Waals surface area (Å²) in [5, 5.41) is 33.6. The topological polar surface area (TPSA) is 219 Å². The van der Waals surface area contributed by atoms with Gasteiger partial charge in [-0.2, -0.15) is 0 Å². The molecule has 1 amide bonds. The maximum absolute atomic E-state index is 12.4. The first kappa shape index (κ1) is 27.9. The molecule has 35 heavy (non-hydrogen) atoms. The lowest BCUT2D eigenvalue weighted by molar-refractivity contribution is -0.400. The molecular formula is C21H30N4O10. The van der Waals surface area contributed by atoms with Gasteiger partial charge in [-0.05, 0) is 12.1 Å². The largest absolute Gasteiger partial charge is 0.496 e. The van der Waals surface area contributed by atoms with Crippen molar-refractivity contribution in [3.8, 4) is 11.5 Å². The van der Waals surface area contributed by atoms with Crippen LogP contribution < -0.4 is 26.3 Å². The Morgan fingerprint density at radius 3 is 2.63 bits per heavy atom. The number of benzene rings is 1. The van der Waals surface area contributed by atoms with Crippen molar-refractivity contribution in [3.63, 3.8) is 0 Å². The Bertz CT molecular complexity index is 958. The molecule has 1 aromatic rings. The van der Waals surface area contributed by atoms with Gasteiger partial charge in [0, 0.05) is 38.3 Å². The van der Waals surface area contributed by atoms with Crippen molar-refractivity contribution in [3.05, 3.63) is 40.1 Å². The summed E-state index contributed by atoms with van der Waals surface area (Å²) in [6.45, 7) is 1.01. The first-order chi connectivity index (χ1) is 16.5. The highest BCUT2D eigenvalue weighted by Gasteiger charge is 2.56. The van der Waals surface area contributed by atoms with Crippen molar-refractivity contribution in [2.45, 2.75) is 49.5 Å². The van der Waals surface area contributed by atoms with Crippen molar-refractivity contribution in [1.82, 2.24) is 5.32 Å². The summed E-state index contributed by atoms with van der Waals surface area (Å²) in [6.07, 6.45) is -1.93. The molecule has 6 atom stereocenters. The number of amides is 1. The number of carboxylic acid groups (broad SMARTS) is 1. The summed E-state index contributed by atoms with van der Waals surface area (Å²) in [6, 6.07) is 2.01. The smallest absolute Gasteiger partial charge is 0.377 e. The van der Waals surface area contributed by atoms with Gasteiger partial charge < -0.3 is 45.9 Å². The van der Waals surface area contributed by atoms with E-state index in [9.17, 15) is 29.9 Å². The van der Waals surface area contributed by atoms with E-state index in [-0.39, 0.29) is 24.5 Å². The Balaban J connectivity index is 2.49. The third kappa shape index (κ3) is 6.64. The lowest BCUT2D eigenvalue weighted by atomic mass is 9.87. The Morgan fingerprint density at radius 2 is 2.11 bits per heavy atom. The van der Waals surface area contributed by atoms with Crippen LogP contribution in [0.2, 0.25) is 0 Å². The van der Waals surface area contributed by atoms with E-state index in [2.05, 4.69) is 5.32 Å². The van der Waals surface area contributed by atoms with Crippen LogP contribution in [0.5, 0.6) is 11.5 Å². The van der Waals surface area contributed by atoms with Gasteiger partial charge >= 0.3 is 11.8 Å². The molecule has 1 aromatic carbocycles. The summed E-state index contributed by atoms with van der Waals surface area (Å²) >= 11 is 0. The number of rotatable bonds is 11. The van der Waals surface area contributed by atoms with Gasteiger partial charge in [0.15, 0.2) is 0 Å². The molecule has 1 heterocycles. The zero-order valence-electron chi connectivity index (χ0n) is 19.5. The molecule has 1 aliphatic rings. The van der Waals surface area contributed by atoms with Crippen molar-refractivity contribution in [2.75, 3.05) is 20.8 Å². The Labute approximate surface area is 200 Å². The van der Waals surface area contributed by atoms with E-state index < -0.39 is 53.0 Å². The van der Waals surface area contributed by atoms with Crippen molar-refractivity contribution < 1.29 is 43.7 Å². The van der Waals surface area contributed by atoms with E-state index in [0.29, 0.717) is 5.56 Å². The molecular weight excluding hydrogens is 468 g/mol. The summed E-state index contributed by atoms with van der Waals surface area (Å²) in [4.78, 5) is 34.2. The number of carboxylic acids is 1. The zero-order valence-corrected chi connectivity index (χ0v) is 19.5. The van der Waals surface area contributed by atoms with Crippen LogP contribution in [0, 0.1) is 10.1 Å². The number of nitro groups is 1. The van der Waals surface area contributed by atoms with Gasteiger partial charge in [0.25, 0.3) is 0 Å². The molecule has 194 valence electrons. The minimum absolute atomic E-state index is 0.00188. The molecule has 0 saturated carbocycles. The number of carbonyl (C=O) groups is 2. The van der Waals surface area contributed by atoms with Crippen LogP contribution in [0.4, 0.5) is 0 Å². The average Bonchev–Trinajstić information content (AvgIpc) is 2.82. The number of aliphatic hydroxyl groups excluding tert-OH is 1. The van der Waals surface area contributed by atoms with E-state index in [1.807, 2.05) is 0 Å². The Morgan fingerprint density at radius 1 is 1.43 bits per heavy atom. The van der Waals surface area contributed by atoms with E-state index in [1.165, 1.54) is 45.4 Å². The molecule has 1 fully saturated rings. The number of carbonyl (C=O) groups excluding carboxylic acids is 1. The first-order valence-electron chi connectivity index (χ1n) is 10.5. The minimum atomic E-state index is -2.34. The number of ether oxygens (including phenoxy) is 4. The quantitative estimate of drug-likeness (QED) is 0.184. The minimum Gasteiger partial charge on any atom is -0.496 e. The van der Waals surface area contributed by atoms with Crippen LogP contribution in [0.15, 0.2) is 24.4 Å². The molecule has 0 radical (unpaired) electrons. The maximum atomic E-state index is 12.4. The van der Waals surface area contributed by atoms with E-state index >= 15 is 0 Å². The van der Waals surface area contributed by atoms with Gasteiger partial charge in [-0.15, -0.1) is 0 Å². The predicted octanol–water partition coefficient (Wildman–Crippen LogP) is -0.942. The fourth-order valence-electron chi connectivity index (χ4n) is 3.75. The number of methoxy groups -OCH3 is 2.